The van der Waals surface area contributed by atoms with Crippen molar-refractivity contribution < 1.29 is 9.53 Å². The van der Waals surface area contributed by atoms with E-state index in [4.69, 9.17) is 4.74 Å². The molecule has 23 heavy (non-hydrogen) atoms. The number of nitrogens with zero attached hydrogens (tertiary/aromatic N) is 1. The molecular weight excluding hydrogens is 354 g/mol. The first-order valence-electron chi connectivity index (χ1n) is 7.22. The largest absolute Gasteiger partial charge is 0.422 e. The molecule has 0 unspecified atom stereocenters. The monoisotopic (exact) mass is 369 g/mol. The third kappa shape index (κ3) is 3.54. The molecule has 0 aliphatic carbocycles. The highest BCUT2D eigenvalue weighted by Crippen LogP contribution is 2.28. The molecule has 0 radical (unpaired) electrons. The Labute approximate surface area is 144 Å². The molecule has 1 aliphatic heterocycles. The van der Waals surface area contributed by atoms with Crippen LogP contribution in [0.1, 0.15) is 11.1 Å². The van der Waals surface area contributed by atoms with E-state index in [0.717, 1.165) is 21.3 Å². The van der Waals surface area contributed by atoms with Gasteiger partial charge < -0.3 is 9.64 Å². The zero-order valence-corrected chi connectivity index (χ0v) is 14.5. The van der Waals surface area contributed by atoms with Crippen LogP contribution in [-0.4, -0.2) is 20.1 Å². The lowest BCUT2D eigenvalue weighted by Crippen LogP contribution is -2.07. The van der Waals surface area contributed by atoms with Crippen LogP contribution in [0, 0.1) is 0 Å². The topological polar surface area (TPSA) is 29.5 Å². The van der Waals surface area contributed by atoms with E-state index in [2.05, 4.69) is 15.9 Å². The van der Waals surface area contributed by atoms with E-state index in [1.807, 2.05) is 73.6 Å². The van der Waals surface area contributed by atoms with Gasteiger partial charge in [0.15, 0.2) is 0 Å². The van der Waals surface area contributed by atoms with Gasteiger partial charge in [0.2, 0.25) is 0 Å². The molecule has 1 heterocycles. The highest BCUT2D eigenvalue weighted by molar-refractivity contribution is 9.10. The molecule has 2 aromatic rings. The number of hydrogen-bond acceptors (Lipinski definition) is 3. The Bertz CT molecular complexity index is 787. The second-order valence-electron chi connectivity index (χ2n) is 5.49. The number of halogens is 1. The molecule has 0 amide bonds. The summed E-state index contributed by atoms with van der Waals surface area (Å²) in [5.74, 6) is 0.262. The molecule has 116 valence electrons. The Morgan fingerprint density at radius 2 is 1.65 bits per heavy atom. The summed E-state index contributed by atoms with van der Waals surface area (Å²) in [6, 6.07) is 15.7. The second-order valence-corrected chi connectivity index (χ2v) is 6.41. The molecule has 0 saturated carbocycles. The van der Waals surface area contributed by atoms with E-state index in [-0.39, 0.29) is 5.97 Å². The summed E-state index contributed by atoms with van der Waals surface area (Å²) in [5.41, 5.74) is 3.52. The maximum absolute atomic E-state index is 12.0. The molecule has 0 fully saturated rings. The Morgan fingerprint density at radius 3 is 2.26 bits per heavy atom. The Balaban J connectivity index is 1.87. The molecule has 0 bridgehead atoms. The molecule has 3 nitrogen and oxygen atoms in total. The maximum atomic E-state index is 12.0. The lowest BCUT2D eigenvalue weighted by molar-refractivity contribution is -0.130. The van der Waals surface area contributed by atoms with E-state index in [1.54, 1.807) is 6.08 Å². The Morgan fingerprint density at radius 1 is 1.00 bits per heavy atom. The first-order chi connectivity index (χ1) is 11.0. The van der Waals surface area contributed by atoms with Crippen LogP contribution < -0.4 is 4.90 Å². The van der Waals surface area contributed by atoms with Crippen molar-refractivity contribution in [1.82, 2.24) is 0 Å². The fourth-order valence-corrected chi connectivity index (χ4v) is 2.56. The fourth-order valence-electron chi connectivity index (χ4n) is 2.29. The van der Waals surface area contributed by atoms with Crippen molar-refractivity contribution in [3.05, 3.63) is 75.8 Å². The SMILES string of the molecule is CN(C)c1ccc(C=C2C=C(c3ccc(Br)cc3)OC2=O)cc1. The van der Waals surface area contributed by atoms with Crippen LogP contribution >= 0.6 is 15.9 Å². The molecular formula is C19H16BrNO2. The van der Waals surface area contributed by atoms with Gasteiger partial charge in [-0.3, -0.25) is 0 Å². The predicted molar refractivity (Wildman–Crippen MR) is 97.0 cm³/mol. The minimum atomic E-state index is -0.320. The summed E-state index contributed by atoms with van der Waals surface area (Å²) in [6.07, 6.45) is 3.62. The van der Waals surface area contributed by atoms with Gasteiger partial charge in [0.05, 0.1) is 5.57 Å². The number of hydrogen-bond donors (Lipinski definition) is 0. The van der Waals surface area contributed by atoms with Crippen LogP contribution in [0.5, 0.6) is 0 Å². The first kappa shape index (κ1) is 15.6. The second kappa shape index (κ2) is 6.42. The number of cyclic esters (lactones) is 1. The van der Waals surface area contributed by atoms with Gasteiger partial charge >= 0.3 is 5.97 Å². The van der Waals surface area contributed by atoms with E-state index >= 15 is 0 Å². The van der Waals surface area contributed by atoms with Crippen molar-refractivity contribution in [2.75, 3.05) is 19.0 Å². The smallest absolute Gasteiger partial charge is 0.343 e. The lowest BCUT2D eigenvalue weighted by atomic mass is 10.1. The summed E-state index contributed by atoms with van der Waals surface area (Å²) in [4.78, 5) is 14.1. The molecule has 3 rings (SSSR count). The normalized spacial score (nSPS) is 15.5. The third-order valence-corrected chi connectivity index (χ3v) is 4.11. The molecule has 4 heteroatoms. The van der Waals surface area contributed by atoms with E-state index in [0.29, 0.717) is 11.3 Å². The van der Waals surface area contributed by atoms with Gasteiger partial charge in [-0.05, 0) is 42.0 Å². The van der Waals surface area contributed by atoms with E-state index in [9.17, 15) is 4.79 Å². The van der Waals surface area contributed by atoms with Gasteiger partial charge in [0, 0.05) is 29.8 Å². The maximum Gasteiger partial charge on any atom is 0.343 e. The summed E-state index contributed by atoms with van der Waals surface area (Å²) in [7, 11) is 3.99. The van der Waals surface area contributed by atoms with Crippen LogP contribution in [0.4, 0.5) is 5.69 Å². The molecule has 0 atom stereocenters. The average Bonchev–Trinajstić information content (AvgIpc) is 2.89. The number of ether oxygens (including phenoxy) is 1. The molecule has 0 aromatic heterocycles. The quantitative estimate of drug-likeness (QED) is 0.589. The van der Waals surface area contributed by atoms with Crippen LogP contribution in [-0.2, 0) is 9.53 Å². The number of benzene rings is 2. The zero-order valence-electron chi connectivity index (χ0n) is 12.9. The van der Waals surface area contributed by atoms with Crippen molar-refractivity contribution in [3.8, 4) is 0 Å². The van der Waals surface area contributed by atoms with Crippen LogP contribution in [0.15, 0.2) is 64.7 Å². The number of anilines is 1. The van der Waals surface area contributed by atoms with Gasteiger partial charge in [-0.15, -0.1) is 0 Å². The molecule has 2 aromatic carbocycles. The van der Waals surface area contributed by atoms with Crippen molar-refractivity contribution in [2.24, 2.45) is 0 Å². The fraction of sp³-hybridized carbons (Fsp3) is 0.105. The van der Waals surface area contributed by atoms with Gasteiger partial charge in [-0.1, -0.05) is 40.2 Å². The lowest BCUT2D eigenvalue weighted by Gasteiger charge is -2.11. The molecule has 0 N–H and O–H groups in total. The van der Waals surface area contributed by atoms with Crippen molar-refractivity contribution >= 4 is 39.4 Å². The Hall–Kier alpha value is -2.33. The minimum Gasteiger partial charge on any atom is -0.422 e. The van der Waals surface area contributed by atoms with Gasteiger partial charge in [-0.2, -0.15) is 0 Å². The molecule has 1 aliphatic rings. The number of carbonyl (C=O) groups is 1. The van der Waals surface area contributed by atoms with Crippen molar-refractivity contribution in [1.29, 1.82) is 0 Å². The molecule has 0 saturated heterocycles. The van der Waals surface area contributed by atoms with Crippen molar-refractivity contribution in [2.45, 2.75) is 0 Å². The number of rotatable bonds is 3. The van der Waals surface area contributed by atoms with Gasteiger partial charge in [-0.25, -0.2) is 4.79 Å². The van der Waals surface area contributed by atoms with Crippen LogP contribution in [0.2, 0.25) is 0 Å². The number of carbonyl (C=O) groups excluding carboxylic acids is 1. The number of esters is 1. The average molecular weight is 370 g/mol. The standard InChI is InChI=1S/C19H16BrNO2/c1-21(2)17-9-3-13(4-10-17)11-15-12-18(23-19(15)22)14-5-7-16(20)8-6-14/h3-12H,1-2H3. The van der Waals surface area contributed by atoms with E-state index in [1.165, 1.54) is 0 Å². The summed E-state index contributed by atoms with van der Waals surface area (Å²) in [6.45, 7) is 0. The predicted octanol–water partition coefficient (Wildman–Crippen LogP) is 4.50. The first-order valence-corrected chi connectivity index (χ1v) is 8.01. The highest BCUT2D eigenvalue weighted by Gasteiger charge is 2.21. The van der Waals surface area contributed by atoms with Crippen LogP contribution in [0.3, 0.4) is 0 Å². The molecule has 0 spiro atoms. The van der Waals surface area contributed by atoms with Crippen LogP contribution in [0.25, 0.3) is 11.8 Å². The summed E-state index contributed by atoms with van der Waals surface area (Å²) >= 11 is 3.40. The van der Waals surface area contributed by atoms with Gasteiger partial charge in [0.1, 0.15) is 5.76 Å². The highest BCUT2D eigenvalue weighted by atomic mass is 79.9. The third-order valence-electron chi connectivity index (χ3n) is 3.59. The van der Waals surface area contributed by atoms with Gasteiger partial charge in [0.25, 0.3) is 0 Å². The minimum absolute atomic E-state index is 0.320. The summed E-state index contributed by atoms with van der Waals surface area (Å²) in [5, 5.41) is 0. The Kier molecular flexibility index (Phi) is 4.35. The van der Waals surface area contributed by atoms with Crippen molar-refractivity contribution in [3.63, 3.8) is 0 Å². The zero-order chi connectivity index (χ0) is 16.4. The van der Waals surface area contributed by atoms with E-state index < -0.39 is 0 Å². The summed E-state index contributed by atoms with van der Waals surface area (Å²) < 4.78 is 6.35.